The highest BCUT2D eigenvalue weighted by atomic mass is 79.9. The lowest BCUT2D eigenvalue weighted by molar-refractivity contribution is 0.0993. The third-order valence-electron chi connectivity index (χ3n) is 5.43. The number of benzene rings is 1. The monoisotopic (exact) mass is 523 g/mol. The van der Waals surface area contributed by atoms with E-state index in [0.717, 1.165) is 15.9 Å². The van der Waals surface area contributed by atoms with Crippen LogP contribution in [0, 0.1) is 0 Å². The van der Waals surface area contributed by atoms with Gasteiger partial charge in [-0.2, -0.15) is 0 Å². The standard InChI is InChI=1S/C22H20BrCl2N3O3/c1-12(11-31-3)27-18(23)9-16-20(27)19(13-4-6-14(24)7-5-13)28(21(16)29)15-8-17(25)22(30)26(2)10-15/h4-10,12,19H,11H2,1-3H3. The minimum absolute atomic E-state index is 0.0191. The number of pyridine rings is 1. The summed E-state index contributed by atoms with van der Waals surface area (Å²) in [6.45, 7) is 2.51. The molecule has 0 fully saturated rings. The summed E-state index contributed by atoms with van der Waals surface area (Å²) in [6.07, 6.45) is 1.62. The van der Waals surface area contributed by atoms with Gasteiger partial charge in [-0.1, -0.05) is 35.3 Å². The van der Waals surface area contributed by atoms with Gasteiger partial charge in [0.1, 0.15) is 11.1 Å². The van der Waals surface area contributed by atoms with Crippen molar-refractivity contribution in [2.75, 3.05) is 18.6 Å². The van der Waals surface area contributed by atoms with Gasteiger partial charge in [0.05, 0.1) is 34.2 Å². The summed E-state index contributed by atoms with van der Waals surface area (Å²) in [5, 5.41) is 0.658. The average molecular weight is 525 g/mol. The van der Waals surface area contributed by atoms with Gasteiger partial charge >= 0.3 is 0 Å². The smallest absolute Gasteiger partial charge is 0.269 e. The Hall–Kier alpha value is -2.06. The van der Waals surface area contributed by atoms with Crippen molar-refractivity contribution >= 4 is 50.7 Å². The fourth-order valence-corrected chi connectivity index (χ4v) is 5.24. The molecule has 0 bridgehead atoms. The Balaban J connectivity index is 1.96. The van der Waals surface area contributed by atoms with Crippen molar-refractivity contribution in [3.8, 4) is 0 Å². The number of carbonyl (C=O) groups excluding carboxylic acids is 1. The summed E-state index contributed by atoms with van der Waals surface area (Å²) >= 11 is 15.9. The van der Waals surface area contributed by atoms with E-state index in [2.05, 4.69) is 20.5 Å². The number of amides is 1. The number of hydrogen-bond acceptors (Lipinski definition) is 3. The number of aromatic nitrogens is 2. The Morgan fingerprint density at radius 2 is 1.84 bits per heavy atom. The molecule has 0 N–H and O–H groups in total. The van der Waals surface area contributed by atoms with Crippen molar-refractivity contribution in [3.63, 3.8) is 0 Å². The van der Waals surface area contributed by atoms with Crippen molar-refractivity contribution in [1.29, 1.82) is 0 Å². The minimum atomic E-state index is -0.432. The summed E-state index contributed by atoms with van der Waals surface area (Å²) in [5.74, 6) is -0.172. The summed E-state index contributed by atoms with van der Waals surface area (Å²) in [6, 6.07) is 10.3. The average Bonchev–Trinajstić information content (AvgIpc) is 3.20. The van der Waals surface area contributed by atoms with Gasteiger partial charge in [0.25, 0.3) is 11.5 Å². The second-order valence-corrected chi connectivity index (χ2v) is 9.19. The van der Waals surface area contributed by atoms with Crippen molar-refractivity contribution in [2.45, 2.75) is 19.0 Å². The van der Waals surface area contributed by atoms with Gasteiger partial charge < -0.3 is 13.9 Å². The van der Waals surface area contributed by atoms with Gasteiger partial charge in [0.2, 0.25) is 0 Å². The Kier molecular flexibility index (Phi) is 6.05. The van der Waals surface area contributed by atoms with Crippen LogP contribution in [0.4, 0.5) is 5.69 Å². The lowest BCUT2D eigenvalue weighted by Crippen LogP contribution is -2.31. The molecule has 0 saturated carbocycles. The quantitative estimate of drug-likeness (QED) is 0.460. The summed E-state index contributed by atoms with van der Waals surface area (Å²) in [4.78, 5) is 27.4. The van der Waals surface area contributed by atoms with E-state index in [1.54, 1.807) is 37.4 Å². The number of hydrogen-bond donors (Lipinski definition) is 0. The number of ether oxygens (including phenoxy) is 1. The number of halogens is 3. The molecule has 6 nitrogen and oxygen atoms in total. The Bertz CT molecular complexity index is 1190. The van der Waals surface area contributed by atoms with Crippen LogP contribution in [0.25, 0.3) is 0 Å². The number of carbonyl (C=O) groups is 1. The first-order chi connectivity index (χ1) is 14.7. The summed E-state index contributed by atoms with van der Waals surface area (Å²) < 4.78 is 9.62. The fourth-order valence-electron chi connectivity index (χ4n) is 4.10. The van der Waals surface area contributed by atoms with Gasteiger partial charge in [-0.05, 0) is 52.7 Å². The minimum Gasteiger partial charge on any atom is -0.383 e. The zero-order chi connectivity index (χ0) is 22.4. The molecule has 3 heterocycles. The van der Waals surface area contributed by atoms with Crippen LogP contribution >= 0.6 is 39.1 Å². The number of fused-ring (bicyclic) bond motifs is 1. The zero-order valence-electron chi connectivity index (χ0n) is 17.1. The first kappa shape index (κ1) is 22.1. The lowest BCUT2D eigenvalue weighted by atomic mass is 10.0. The third-order valence-corrected chi connectivity index (χ3v) is 6.57. The van der Waals surface area contributed by atoms with E-state index < -0.39 is 6.04 Å². The SMILES string of the molecule is COCC(C)n1c(Br)cc2c1C(c1ccc(Cl)cc1)N(c1cc(Cl)c(=O)n(C)c1)C2=O. The van der Waals surface area contributed by atoms with E-state index in [-0.39, 0.29) is 22.5 Å². The molecule has 0 radical (unpaired) electrons. The maximum absolute atomic E-state index is 13.6. The molecular weight excluding hydrogens is 505 g/mol. The Morgan fingerprint density at radius 3 is 2.45 bits per heavy atom. The predicted molar refractivity (Wildman–Crippen MR) is 126 cm³/mol. The first-order valence-electron chi connectivity index (χ1n) is 9.59. The second-order valence-electron chi connectivity index (χ2n) is 7.53. The molecule has 1 aliphatic heterocycles. The number of rotatable bonds is 5. The van der Waals surface area contributed by atoms with E-state index in [0.29, 0.717) is 22.9 Å². The molecule has 1 aromatic carbocycles. The molecule has 0 spiro atoms. The van der Waals surface area contributed by atoms with Crippen LogP contribution in [0.2, 0.25) is 10.0 Å². The molecule has 2 unspecified atom stereocenters. The van der Waals surface area contributed by atoms with Crippen LogP contribution in [0.1, 0.15) is 40.6 Å². The maximum Gasteiger partial charge on any atom is 0.269 e. The predicted octanol–water partition coefficient (Wildman–Crippen LogP) is 5.21. The van der Waals surface area contributed by atoms with Crippen LogP contribution in [0.5, 0.6) is 0 Å². The number of anilines is 1. The van der Waals surface area contributed by atoms with Crippen molar-refractivity contribution in [2.24, 2.45) is 7.05 Å². The molecule has 0 aliphatic carbocycles. The maximum atomic E-state index is 13.6. The number of aryl methyl sites for hydroxylation is 1. The normalized spacial score (nSPS) is 16.6. The van der Waals surface area contributed by atoms with E-state index in [1.165, 1.54) is 10.6 Å². The highest BCUT2D eigenvalue weighted by Gasteiger charge is 2.43. The van der Waals surface area contributed by atoms with Crippen LogP contribution in [0.3, 0.4) is 0 Å². The molecule has 3 aromatic rings. The third kappa shape index (κ3) is 3.74. The van der Waals surface area contributed by atoms with Gasteiger partial charge in [-0.25, -0.2) is 0 Å². The summed E-state index contributed by atoms with van der Waals surface area (Å²) in [5.41, 5.74) is 2.53. The highest BCUT2D eigenvalue weighted by molar-refractivity contribution is 9.10. The van der Waals surface area contributed by atoms with Gasteiger partial charge in [0.15, 0.2) is 0 Å². The molecule has 0 saturated heterocycles. The molecule has 1 amide bonds. The first-order valence-corrected chi connectivity index (χ1v) is 11.1. The topological polar surface area (TPSA) is 56.5 Å². The molecule has 2 aromatic heterocycles. The summed E-state index contributed by atoms with van der Waals surface area (Å²) in [7, 11) is 3.26. The van der Waals surface area contributed by atoms with E-state index >= 15 is 0 Å². The van der Waals surface area contributed by atoms with Crippen molar-refractivity contribution in [1.82, 2.24) is 9.13 Å². The zero-order valence-corrected chi connectivity index (χ0v) is 20.2. The van der Waals surface area contributed by atoms with Crippen molar-refractivity contribution < 1.29 is 9.53 Å². The van der Waals surface area contributed by atoms with E-state index in [4.69, 9.17) is 27.9 Å². The van der Waals surface area contributed by atoms with E-state index in [1.807, 2.05) is 25.1 Å². The van der Waals surface area contributed by atoms with Crippen LogP contribution in [0.15, 0.2) is 52.0 Å². The van der Waals surface area contributed by atoms with Crippen LogP contribution < -0.4 is 10.5 Å². The van der Waals surface area contributed by atoms with Crippen LogP contribution in [-0.4, -0.2) is 28.8 Å². The Labute approximate surface area is 198 Å². The molecule has 31 heavy (non-hydrogen) atoms. The van der Waals surface area contributed by atoms with Crippen LogP contribution in [-0.2, 0) is 11.8 Å². The molecule has 1 aliphatic rings. The Morgan fingerprint density at radius 1 is 1.16 bits per heavy atom. The molecule has 4 rings (SSSR count). The lowest BCUT2D eigenvalue weighted by Gasteiger charge is -2.29. The molecule has 162 valence electrons. The van der Waals surface area contributed by atoms with Gasteiger partial charge in [-0.15, -0.1) is 0 Å². The largest absolute Gasteiger partial charge is 0.383 e. The molecular formula is C22H20BrCl2N3O3. The van der Waals surface area contributed by atoms with Gasteiger partial charge in [-0.3, -0.25) is 14.5 Å². The molecule has 2 atom stereocenters. The number of methoxy groups -OCH3 is 1. The molecule has 9 heteroatoms. The number of nitrogens with zero attached hydrogens (tertiary/aromatic N) is 3. The second kappa shape index (κ2) is 8.47. The highest BCUT2D eigenvalue weighted by Crippen LogP contribution is 2.45. The van der Waals surface area contributed by atoms with Gasteiger partial charge in [0, 0.05) is 25.4 Å². The fraction of sp³-hybridized carbons (Fsp3) is 0.273. The van der Waals surface area contributed by atoms with E-state index in [9.17, 15) is 9.59 Å². The van der Waals surface area contributed by atoms with Crippen molar-refractivity contribution in [3.05, 3.63) is 84.4 Å².